The molecular weight excluding hydrogens is 352 g/mol. The van der Waals surface area contributed by atoms with Crippen LogP contribution in [0.2, 0.25) is 0 Å². The number of carbonyl (C=O) groups excluding carboxylic acids is 2. The molecule has 2 aromatic rings. The van der Waals surface area contributed by atoms with Crippen LogP contribution in [0.3, 0.4) is 0 Å². The molecule has 0 saturated carbocycles. The van der Waals surface area contributed by atoms with Gasteiger partial charge in [0.25, 0.3) is 0 Å². The summed E-state index contributed by atoms with van der Waals surface area (Å²) in [4.78, 5) is 29.6. The summed E-state index contributed by atoms with van der Waals surface area (Å²) >= 11 is 0. The molecule has 4 aliphatic rings. The van der Waals surface area contributed by atoms with Gasteiger partial charge in [0.1, 0.15) is 12.3 Å². The molecule has 0 bridgehead atoms. The number of hydrogen-bond acceptors (Lipinski definition) is 4. The fourth-order valence-electron chi connectivity index (χ4n) is 6.37. The van der Waals surface area contributed by atoms with Crippen LogP contribution >= 0.6 is 0 Å². The highest BCUT2D eigenvalue weighted by molar-refractivity contribution is 5.92. The van der Waals surface area contributed by atoms with E-state index in [1.807, 2.05) is 48.2 Å². The van der Waals surface area contributed by atoms with E-state index >= 15 is 0 Å². The van der Waals surface area contributed by atoms with Crippen LogP contribution in [0.25, 0.3) is 0 Å². The van der Waals surface area contributed by atoms with E-state index in [0.717, 1.165) is 22.5 Å². The first-order chi connectivity index (χ1) is 13.5. The SMILES string of the molecule is CN1C(=O)C[C@]2([C@@]34CC(=O)N(C)[C@@H]3Nc3ccccc34)c3ccccc3N[C@H]12. The lowest BCUT2D eigenvalue weighted by atomic mass is 9.55. The van der Waals surface area contributed by atoms with Crippen LogP contribution < -0.4 is 10.6 Å². The van der Waals surface area contributed by atoms with Crippen molar-refractivity contribution in [2.45, 2.75) is 36.0 Å². The van der Waals surface area contributed by atoms with Crippen LogP contribution in [0.1, 0.15) is 24.0 Å². The summed E-state index contributed by atoms with van der Waals surface area (Å²) in [6, 6.07) is 16.5. The molecule has 4 atom stereocenters. The van der Waals surface area contributed by atoms with Gasteiger partial charge in [0.05, 0.1) is 10.8 Å². The first-order valence-corrected chi connectivity index (χ1v) is 9.74. The second-order valence-electron chi connectivity index (χ2n) is 8.49. The van der Waals surface area contributed by atoms with E-state index in [2.05, 4.69) is 34.9 Å². The molecule has 0 aliphatic carbocycles. The minimum Gasteiger partial charge on any atom is -0.364 e. The zero-order valence-corrected chi connectivity index (χ0v) is 15.9. The predicted molar refractivity (Wildman–Crippen MR) is 106 cm³/mol. The van der Waals surface area contributed by atoms with Crippen molar-refractivity contribution in [3.05, 3.63) is 59.7 Å². The maximum absolute atomic E-state index is 13.0. The van der Waals surface area contributed by atoms with Gasteiger partial charge in [-0.25, -0.2) is 0 Å². The van der Waals surface area contributed by atoms with E-state index in [1.54, 1.807) is 0 Å². The van der Waals surface area contributed by atoms with Gasteiger partial charge in [-0.3, -0.25) is 9.59 Å². The first-order valence-electron chi connectivity index (χ1n) is 9.74. The summed E-state index contributed by atoms with van der Waals surface area (Å²) in [5, 5.41) is 7.22. The number of rotatable bonds is 1. The molecule has 4 heterocycles. The van der Waals surface area contributed by atoms with Gasteiger partial charge in [-0.1, -0.05) is 36.4 Å². The average Bonchev–Trinajstić information content (AvgIpc) is 3.36. The number of fused-ring (bicyclic) bond motifs is 7. The standard InChI is InChI=1S/C22H22N4O2/c1-25-17(27)11-21(13-7-3-5-9-15(13)23-19(21)25)22-12-18(28)26(2)20(22)24-16-10-6-4-8-14(16)22/h3-10,19-20,23-24H,11-12H2,1-2H3/t19-,20+,21+,22-. The minimum absolute atomic E-state index is 0.117. The third-order valence-corrected chi connectivity index (χ3v) is 7.55. The molecule has 6 rings (SSSR count). The largest absolute Gasteiger partial charge is 0.364 e. The number of anilines is 2. The highest BCUT2D eigenvalue weighted by atomic mass is 16.2. The Morgan fingerprint density at radius 3 is 1.57 bits per heavy atom. The number of nitrogens with one attached hydrogen (secondary N) is 2. The Bertz CT molecular complexity index is 969. The van der Waals surface area contributed by atoms with Gasteiger partial charge in [-0.15, -0.1) is 0 Å². The van der Waals surface area contributed by atoms with Crippen LogP contribution in [0.4, 0.5) is 11.4 Å². The number of likely N-dealkylation sites (N-methyl/N-ethyl adjacent to an activating group) is 2. The molecule has 2 fully saturated rings. The number of carbonyl (C=O) groups is 2. The van der Waals surface area contributed by atoms with Crippen LogP contribution in [0, 0.1) is 0 Å². The lowest BCUT2D eigenvalue weighted by molar-refractivity contribution is -0.128. The Morgan fingerprint density at radius 2 is 1.14 bits per heavy atom. The van der Waals surface area contributed by atoms with Gasteiger partial charge in [0.15, 0.2) is 0 Å². The lowest BCUT2D eigenvalue weighted by Gasteiger charge is -2.47. The molecule has 2 saturated heterocycles. The van der Waals surface area contributed by atoms with Gasteiger partial charge in [0.2, 0.25) is 11.8 Å². The fraction of sp³-hybridized carbons (Fsp3) is 0.364. The van der Waals surface area contributed by atoms with E-state index < -0.39 is 10.8 Å². The maximum Gasteiger partial charge on any atom is 0.225 e. The average molecular weight is 374 g/mol. The van der Waals surface area contributed by atoms with Crippen LogP contribution in [-0.4, -0.2) is 48.0 Å². The zero-order valence-electron chi connectivity index (χ0n) is 15.9. The molecule has 0 spiro atoms. The molecule has 2 aromatic carbocycles. The Labute approximate surface area is 163 Å². The quantitative estimate of drug-likeness (QED) is 0.802. The molecule has 2 N–H and O–H groups in total. The molecule has 6 heteroatoms. The molecule has 4 aliphatic heterocycles. The lowest BCUT2D eigenvalue weighted by Crippen LogP contribution is -2.60. The van der Waals surface area contributed by atoms with Crippen molar-refractivity contribution in [1.29, 1.82) is 0 Å². The van der Waals surface area contributed by atoms with Crippen molar-refractivity contribution < 1.29 is 9.59 Å². The summed E-state index contributed by atoms with van der Waals surface area (Å²) in [5.74, 6) is 0.234. The van der Waals surface area contributed by atoms with Crippen molar-refractivity contribution >= 4 is 23.2 Å². The molecule has 2 amide bonds. The van der Waals surface area contributed by atoms with E-state index in [0.29, 0.717) is 12.8 Å². The minimum atomic E-state index is -0.514. The highest BCUT2D eigenvalue weighted by Crippen LogP contribution is 2.66. The number of amides is 2. The van der Waals surface area contributed by atoms with Crippen LogP contribution in [0.5, 0.6) is 0 Å². The number of benzene rings is 2. The summed E-state index contributed by atoms with van der Waals surface area (Å²) in [6.45, 7) is 0. The van der Waals surface area contributed by atoms with Crippen molar-refractivity contribution in [2.24, 2.45) is 0 Å². The highest BCUT2D eigenvalue weighted by Gasteiger charge is 2.74. The summed E-state index contributed by atoms with van der Waals surface area (Å²) in [6.07, 6.45) is 0.441. The molecule has 6 nitrogen and oxygen atoms in total. The predicted octanol–water partition coefficient (Wildman–Crippen LogP) is 2.09. The third kappa shape index (κ3) is 1.50. The Morgan fingerprint density at radius 1 is 0.750 bits per heavy atom. The number of hydrogen-bond donors (Lipinski definition) is 2. The molecule has 0 radical (unpaired) electrons. The van der Waals surface area contributed by atoms with E-state index in [4.69, 9.17) is 0 Å². The van der Waals surface area contributed by atoms with Gasteiger partial charge >= 0.3 is 0 Å². The van der Waals surface area contributed by atoms with Crippen molar-refractivity contribution in [2.75, 3.05) is 24.7 Å². The van der Waals surface area contributed by atoms with Gasteiger partial charge in [-0.2, -0.15) is 0 Å². The normalized spacial score (nSPS) is 34.6. The molecule has 142 valence electrons. The Hall–Kier alpha value is -3.02. The molecule has 28 heavy (non-hydrogen) atoms. The molecule has 0 unspecified atom stereocenters. The summed E-state index contributed by atoms with van der Waals surface area (Å²) in [5.41, 5.74) is 3.38. The molecule has 0 aromatic heterocycles. The zero-order chi connectivity index (χ0) is 19.3. The number of nitrogens with zero attached hydrogens (tertiary/aromatic N) is 2. The van der Waals surface area contributed by atoms with Crippen LogP contribution in [0.15, 0.2) is 48.5 Å². The van der Waals surface area contributed by atoms with Crippen molar-refractivity contribution in [3.8, 4) is 0 Å². The van der Waals surface area contributed by atoms with E-state index in [1.165, 1.54) is 0 Å². The summed E-state index contributed by atoms with van der Waals surface area (Å²) < 4.78 is 0. The number of likely N-dealkylation sites (tertiary alicyclic amines) is 2. The second kappa shape index (κ2) is 4.87. The third-order valence-electron chi connectivity index (χ3n) is 7.55. The van der Waals surface area contributed by atoms with E-state index in [-0.39, 0.29) is 24.1 Å². The number of para-hydroxylation sites is 2. The van der Waals surface area contributed by atoms with E-state index in [9.17, 15) is 9.59 Å². The Balaban J connectivity index is 1.71. The van der Waals surface area contributed by atoms with Crippen molar-refractivity contribution in [3.63, 3.8) is 0 Å². The van der Waals surface area contributed by atoms with Crippen molar-refractivity contribution in [1.82, 2.24) is 9.80 Å². The van der Waals surface area contributed by atoms with Crippen LogP contribution in [-0.2, 0) is 20.4 Å². The topological polar surface area (TPSA) is 64.7 Å². The van der Waals surface area contributed by atoms with Gasteiger partial charge in [0, 0.05) is 38.3 Å². The maximum atomic E-state index is 13.0. The fourth-order valence-corrected chi connectivity index (χ4v) is 6.37. The summed E-state index contributed by atoms with van der Waals surface area (Å²) in [7, 11) is 3.74. The first kappa shape index (κ1) is 16.0. The molecular formula is C22H22N4O2. The monoisotopic (exact) mass is 374 g/mol. The van der Waals surface area contributed by atoms with Gasteiger partial charge < -0.3 is 20.4 Å². The smallest absolute Gasteiger partial charge is 0.225 e. The second-order valence-corrected chi connectivity index (χ2v) is 8.49. The van der Waals surface area contributed by atoms with Gasteiger partial charge in [-0.05, 0) is 23.3 Å². The Kier molecular flexibility index (Phi) is 2.78.